The van der Waals surface area contributed by atoms with Gasteiger partial charge in [0, 0.05) is 51.2 Å². The van der Waals surface area contributed by atoms with Gasteiger partial charge in [-0.3, -0.25) is 9.69 Å². The van der Waals surface area contributed by atoms with Gasteiger partial charge in [0.15, 0.2) is 0 Å². The summed E-state index contributed by atoms with van der Waals surface area (Å²) in [5.74, 6) is 1.18. The van der Waals surface area contributed by atoms with Gasteiger partial charge in [0.25, 0.3) is 5.91 Å². The molecule has 1 amide bonds. The largest absolute Gasteiger partial charge is 0.497 e. The summed E-state index contributed by atoms with van der Waals surface area (Å²) < 4.78 is 5.25. The molecule has 0 atom stereocenters. The van der Waals surface area contributed by atoms with Gasteiger partial charge in [-0.15, -0.1) is 11.3 Å². The summed E-state index contributed by atoms with van der Waals surface area (Å²) >= 11 is 1.41. The van der Waals surface area contributed by atoms with E-state index in [1.807, 2.05) is 48.5 Å². The average molecular weight is 529 g/mol. The number of anilines is 2. The summed E-state index contributed by atoms with van der Waals surface area (Å²) in [4.78, 5) is 28.2. The first-order valence-electron chi connectivity index (χ1n) is 12.7. The molecule has 0 bridgehead atoms. The third-order valence-corrected chi connectivity index (χ3v) is 7.62. The fraction of sp³-hybridized carbons (Fsp3) is 0.276. The van der Waals surface area contributed by atoms with E-state index in [2.05, 4.69) is 50.7 Å². The van der Waals surface area contributed by atoms with Gasteiger partial charge in [-0.05, 0) is 60.6 Å². The van der Waals surface area contributed by atoms with Crippen LogP contribution in [0.4, 0.5) is 11.6 Å². The topological polar surface area (TPSA) is 82.6 Å². The lowest BCUT2D eigenvalue weighted by molar-refractivity contribution is 0.0955. The van der Waals surface area contributed by atoms with Gasteiger partial charge in [-0.25, -0.2) is 9.97 Å². The summed E-state index contributed by atoms with van der Waals surface area (Å²) in [6.45, 7) is 5.74. The quantitative estimate of drug-likeness (QED) is 0.328. The number of amides is 1. The molecule has 0 radical (unpaired) electrons. The normalized spacial score (nSPS) is 14.3. The van der Waals surface area contributed by atoms with Crippen molar-refractivity contribution in [2.75, 3.05) is 45.7 Å². The molecule has 196 valence electrons. The highest BCUT2D eigenvalue weighted by atomic mass is 32.1. The maximum absolute atomic E-state index is 12.7. The SMILES string of the molecule is COc1cccc(CNC(=O)c2ccc(-c3ccnc(Nc4cccc(CN5CCN(C)CC5)c4)n3)s2)c1. The lowest BCUT2D eigenvalue weighted by Gasteiger charge is -2.32. The maximum Gasteiger partial charge on any atom is 0.261 e. The van der Waals surface area contributed by atoms with Crippen LogP contribution in [0.15, 0.2) is 72.9 Å². The predicted molar refractivity (Wildman–Crippen MR) is 152 cm³/mol. The van der Waals surface area contributed by atoms with Crippen molar-refractivity contribution in [3.63, 3.8) is 0 Å². The Labute approximate surface area is 227 Å². The smallest absolute Gasteiger partial charge is 0.261 e. The van der Waals surface area contributed by atoms with Crippen LogP contribution >= 0.6 is 11.3 Å². The number of piperazine rings is 1. The Kier molecular flexibility index (Phi) is 8.28. The minimum Gasteiger partial charge on any atom is -0.497 e. The lowest BCUT2D eigenvalue weighted by Crippen LogP contribution is -2.43. The van der Waals surface area contributed by atoms with Gasteiger partial charge in [-0.2, -0.15) is 0 Å². The lowest BCUT2D eigenvalue weighted by atomic mass is 10.1. The molecule has 4 aromatic rings. The molecule has 2 N–H and O–H groups in total. The molecule has 1 saturated heterocycles. The molecule has 0 unspecified atom stereocenters. The summed E-state index contributed by atoms with van der Waals surface area (Å²) in [7, 11) is 3.80. The van der Waals surface area contributed by atoms with E-state index in [1.165, 1.54) is 16.9 Å². The zero-order valence-electron chi connectivity index (χ0n) is 21.7. The second-order valence-electron chi connectivity index (χ2n) is 9.37. The van der Waals surface area contributed by atoms with E-state index in [-0.39, 0.29) is 5.91 Å². The monoisotopic (exact) mass is 528 g/mol. The molecule has 5 rings (SSSR count). The highest BCUT2D eigenvalue weighted by molar-refractivity contribution is 7.17. The molecule has 1 aliphatic rings. The van der Waals surface area contributed by atoms with E-state index in [9.17, 15) is 4.79 Å². The number of carbonyl (C=O) groups is 1. The van der Waals surface area contributed by atoms with Crippen molar-refractivity contribution in [1.29, 1.82) is 0 Å². The number of hydrogen-bond acceptors (Lipinski definition) is 8. The van der Waals surface area contributed by atoms with Crippen LogP contribution in [0.5, 0.6) is 5.75 Å². The predicted octanol–water partition coefficient (Wildman–Crippen LogP) is 4.63. The summed E-state index contributed by atoms with van der Waals surface area (Å²) in [6, 6.07) is 21.7. The summed E-state index contributed by atoms with van der Waals surface area (Å²) in [6.07, 6.45) is 1.74. The van der Waals surface area contributed by atoms with Crippen molar-refractivity contribution in [2.24, 2.45) is 0 Å². The second-order valence-corrected chi connectivity index (χ2v) is 10.5. The fourth-order valence-electron chi connectivity index (χ4n) is 4.35. The van der Waals surface area contributed by atoms with Crippen LogP contribution in [0.1, 0.15) is 20.8 Å². The van der Waals surface area contributed by atoms with Crippen molar-refractivity contribution in [3.8, 4) is 16.3 Å². The fourth-order valence-corrected chi connectivity index (χ4v) is 5.24. The van der Waals surface area contributed by atoms with Crippen LogP contribution in [0, 0.1) is 0 Å². The molecular weight excluding hydrogens is 496 g/mol. The van der Waals surface area contributed by atoms with Gasteiger partial charge in [0.1, 0.15) is 5.75 Å². The van der Waals surface area contributed by atoms with E-state index >= 15 is 0 Å². The van der Waals surface area contributed by atoms with E-state index in [0.29, 0.717) is 17.4 Å². The van der Waals surface area contributed by atoms with E-state index < -0.39 is 0 Å². The number of carbonyl (C=O) groups excluding carboxylic acids is 1. The van der Waals surface area contributed by atoms with Crippen LogP contribution in [0.3, 0.4) is 0 Å². The van der Waals surface area contributed by atoms with Crippen molar-refractivity contribution in [2.45, 2.75) is 13.1 Å². The van der Waals surface area contributed by atoms with Gasteiger partial charge >= 0.3 is 0 Å². The number of likely N-dealkylation sites (N-methyl/N-ethyl adjacent to an activating group) is 1. The molecule has 3 heterocycles. The number of rotatable bonds is 9. The van der Waals surface area contributed by atoms with Crippen LogP contribution in [0.25, 0.3) is 10.6 Å². The molecule has 38 heavy (non-hydrogen) atoms. The minimum absolute atomic E-state index is 0.117. The Balaban J connectivity index is 1.21. The average Bonchev–Trinajstić information content (AvgIpc) is 3.44. The molecule has 1 aliphatic heterocycles. The number of ether oxygens (including phenoxy) is 1. The van der Waals surface area contributed by atoms with Gasteiger partial charge in [-0.1, -0.05) is 24.3 Å². The molecule has 9 heteroatoms. The van der Waals surface area contributed by atoms with Crippen molar-refractivity contribution in [3.05, 3.63) is 88.9 Å². The summed E-state index contributed by atoms with van der Waals surface area (Å²) in [5.41, 5.74) is 3.97. The zero-order valence-corrected chi connectivity index (χ0v) is 22.5. The Morgan fingerprint density at radius 1 is 1.00 bits per heavy atom. The Morgan fingerprint density at radius 3 is 2.66 bits per heavy atom. The first-order chi connectivity index (χ1) is 18.6. The number of aromatic nitrogens is 2. The standard InChI is InChI=1S/C29H32N6O2S/c1-34-13-15-35(16-14-34)20-22-6-3-7-23(17-22)32-29-30-12-11-25(33-29)26-9-10-27(38-26)28(36)31-19-21-5-4-8-24(18-21)37-2/h3-12,17-18H,13-16,19-20H2,1-2H3,(H,31,36)(H,30,32,33). The molecule has 0 aliphatic carbocycles. The van der Waals surface area contributed by atoms with Gasteiger partial charge in [0.05, 0.1) is 22.6 Å². The van der Waals surface area contributed by atoms with E-state index in [4.69, 9.17) is 9.72 Å². The molecular formula is C29H32N6O2S. The number of nitrogens with zero attached hydrogens (tertiary/aromatic N) is 4. The minimum atomic E-state index is -0.117. The van der Waals surface area contributed by atoms with Gasteiger partial charge in [0.2, 0.25) is 5.95 Å². The van der Waals surface area contributed by atoms with Crippen molar-refractivity contribution in [1.82, 2.24) is 25.1 Å². The number of hydrogen-bond donors (Lipinski definition) is 2. The van der Waals surface area contributed by atoms with E-state index in [0.717, 1.165) is 60.3 Å². The van der Waals surface area contributed by atoms with E-state index in [1.54, 1.807) is 13.3 Å². The van der Waals surface area contributed by atoms with Crippen molar-refractivity contribution >= 4 is 28.9 Å². The number of methoxy groups -OCH3 is 1. The highest BCUT2D eigenvalue weighted by Gasteiger charge is 2.15. The first-order valence-corrected chi connectivity index (χ1v) is 13.5. The third-order valence-electron chi connectivity index (χ3n) is 6.51. The van der Waals surface area contributed by atoms with Crippen LogP contribution in [-0.4, -0.2) is 66.0 Å². The Bertz CT molecular complexity index is 1380. The number of benzene rings is 2. The Morgan fingerprint density at radius 2 is 1.82 bits per heavy atom. The first kappa shape index (κ1) is 25.8. The molecule has 2 aromatic heterocycles. The molecule has 0 saturated carbocycles. The molecule has 2 aromatic carbocycles. The highest BCUT2D eigenvalue weighted by Crippen LogP contribution is 2.28. The van der Waals surface area contributed by atoms with Crippen molar-refractivity contribution < 1.29 is 9.53 Å². The molecule has 1 fully saturated rings. The van der Waals surface area contributed by atoms with Crippen LogP contribution in [-0.2, 0) is 13.1 Å². The zero-order chi connectivity index (χ0) is 26.3. The second kappa shape index (κ2) is 12.2. The molecule has 8 nitrogen and oxygen atoms in total. The number of thiophene rings is 1. The Hall–Kier alpha value is -3.79. The van der Waals surface area contributed by atoms with Gasteiger partial charge < -0.3 is 20.3 Å². The summed E-state index contributed by atoms with van der Waals surface area (Å²) in [5, 5.41) is 6.32. The van der Waals surface area contributed by atoms with Crippen LogP contribution < -0.4 is 15.4 Å². The number of nitrogens with one attached hydrogen (secondary N) is 2. The molecule has 0 spiro atoms. The third kappa shape index (κ3) is 6.74. The maximum atomic E-state index is 12.7. The van der Waals surface area contributed by atoms with Crippen LogP contribution in [0.2, 0.25) is 0 Å².